The Labute approximate surface area is 146 Å². The van der Waals surface area contributed by atoms with Gasteiger partial charge in [0.1, 0.15) is 0 Å². The highest BCUT2D eigenvalue weighted by Crippen LogP contribution is 2.31. The number of thioether (sulfide) groups is 1. The van der Waals surface area contributed by atoms with Gasteiger partial charge in [-0.25, -0.2) is 4.98 Å². The van der Waals surface area contributed by atoms with E-state index in [0.717, 1.165) is 29.4 Å². The molecule has 1 aromatic heterocycles. The summed E-state index contributed by atoms with van der Waals surface area (Å²) in [4.78, 5) is 18.4. The molecule has 2 unspecified atom stereocenters. The Morgan fingerprint density at radius 1 is 1.46 bits per heavy atom. The largest absolute Gasteiger partial charge is 0.469 e. The van der Waals surface area contributed by atoms with E-state index >= 15 is 0 Å². The molecule has 0 saturated carbocycles. The maximum Gasteiger partial charge on any atom is 0.307 e. The van der Waals surface area contributed by atoms with Gasteiger partial charge >= 0.3 is 5.97 Å². The average Bonchev–Trinajstić information content (AvgIpc) is 3.12. The molecular weight excluding hydrogens is 324 g/mol. The van der Waals surface area contributed by atoms with Crippen LogP contribution in [0.1, 0.15) is 25.3 Å². The van der Waals surface area contributed by atoms with Gasteiger partial charge in [0.25, 0.3) is 0 Å². The second-order valence-electron chi connectivity index (χ2n) is 5.85. The van der Waals surface area contributed by atoms with Crippen LogP contribution < -0.4 is 0 Å². The summed E-state index contributed by atoms with van der Waals surface area (Å²) in [5.41, 5.74) is 1.02. The SMILES string of the molecule is COC(=O)CC1CSCCN1C(C)c1ncc(-c2ccccc2)o1. The molecule has 128 valence electrons. The van der Waals surface area contributed by atoms with Crippen molar-refractivity contribution in [2.75, 3.05) is 25.2 Å². The molecule has 2 aromatic rings. The number of rotatable bonds is 5. The molecule has 1 aliphatic heterocycles. The predicted octanol–water partition coefficient (Wildman–Crippen LogP) is 3.38. The van der Waals surface area contributed by atoms with E-state index in [1.165, 1.54) is 7.11 Å². The molecule has 1 aliphatic rings. The van der Waals surface area contributed by atoms with E-state index in [9.17, 15) is 4.79 Å². The van der Waals surface area contributed by atoms with Crippen molar-refractivity contribution < 1.29 is 13.9 Å². The molecule has 0 bridgehead atoms. The van der Waals surface area contributed by atoms with Crippen molar-refractivity contribution in [3.05, 3.63) is 42.4 Å². The molecule has 2 atom stereocenters. The highest BCUT2D eigenvalue weighted by Gasteiger charge is 2.31. The number of carbonyl (C=O) groups excluding carboxylic acids is 1. The van der Waals surface area contributed by atoms with Gasteiger partial charge in [-0.05, 0) is 6.92 Å². The lowest BCUT2D eigenvalue weighted by Crippen LogP contribution is -2.45. The van der Waals surface area contributed by atoms with Crippen LogP contribution in [0, 0.1) is 0 Å². The van der Waals surface area contributed by atoms with Gasteiger partial charge in [-0.15, -0.1) is 0 Å². The van der Waals surface area contributed by atoms with Gasteiger partial charge in [0, 0.05) is 29.7 Å². The van der Waals surface area contributed by atoms with Crippen LogP contribution in [0.2, 0.25) is 0 Å². The fourth-order valence-electron chi connectivity index (χ4n) is 2.99. The van der Waals surface area contributed by atoms with Gasteiger partial charge in [-0.3, -0.25) is 9.69 Å². The minimum atomic E-state index is -0.169. The number of benzene rings is 1. The molecule has 2 heterocycles. The van der Waals surface area contributed by atoms with Gasteiger partial charge in [0.15, 0.2) is 5.76 Å². The molecule has 24 heavy (non-hydrogen) atoms. The number of esters is 1. The van der Waals surface area contributed by atoms with Crippen LogP contribution in [0.4, 0.5) is 0 Å². The number of hydrogen-bond donors (Lipinski definition) is 0. The smallest absolute Gasteiger partial charge is 0.307 e. The van der Waals surface area contributed by atoms with Crippen molar-refractivity contribution in [2.24, 2.45) is 0 Å². The summed E-state index contributed by atoms with van der Waals surface area (Å²) in [7, 11) is 1.44. The second kappa shape index (κ2) is 7.85. The summed E-state index contributed by atoms with van der Waals surface area (Å²) in [6.07, 6.45) is 2.18. The van der Waals surface area contributed by atoms with Crippen LogP contribution in [0.5, 0.6) is 0 Å². The van der Waals surface area contributed by atoms with E-state index in [1.807, 2.05) is 42.1 Å². The Hall–Kier alpha value is -1.79. The van der Waals surface area contributed by atoms with E-state index in [1.54, 1.807) is 6.20 Å². The summed E-state index contributed by atoms with van der Waals surface area (Å²) in [5, 5.41) is 0. The number of oxazole rings is 1. The zero-order valence-corrected chi connectivity index (χ0v) is 14.8. The number of methoxy groups -OCH3 is 1. The van der Waals surface area contributed by atoms with Crippen molar-refractivity contribution in [3.63, 3.8) is 0 Å². The molecular formula is C18H22N2O3S. The molecule has 1 fully saturated rings. The lowest BCUT2D eigenvalue weighted by atomic mass is 10.1. The average molecular weight is 346 g/mol. The van der Waals surface area contributed by atoms with E-state index in [4.69, 9.17) is 9.15 Å². The summed E-state index contributed by atoms with van der Waals surface area (Å²) in [6, 6.07) is 10.1. The van der Waals surface area contributed by atoms with E-state index in [-0.39, 0.29) is 18.1 Å². The molecule has 0 aliphatic carbocycles. The first-order valence-corrected chi connectivity index (χ1v) is 9.26. The third kappa shape index (κ3) is 3.82. The third-order valence-corrected chi connectivity index (χ3v) is 5.43. The van der Waals surface area contributed by atoms with Gasteiger partial charge in [0.05, 0.1) is 25.8 Å². The number of nitrogens with zero attached hydrogens (tertiary/aromatic N) is 2. The number of carbonyl (C=O) groups is 1. The Morgan fingerprint density at radius 3 is 3.00 bits per heavy atom. The van der Waals surface area contributed by atoms with Crippen molar-refractivity contribution in [1.82, 2.24) is 9.88 Å². The minimum Gasteiger partial charge on any atom is -0.469 e. The summed E-state index contributed by atoms with van der Waals surface area (Å²) in [5.74, 6) is 3.26. The van der Waals surface area contributed by atoms with Crippen LogP contribution in [0.3, 0.4) is 0 Å². The zero-order valence-electron chi connectivity index (χ0n) is 14.0. The first-order chi connectivity index (χ1) is 11.7. The summed E-state index contributed by atoms with van der Waals surface area (Å²) in [6.45, 7) is 3.00. The number of aromatic nitrogens is 1. The monoisotopic (exact) mass is 346 g/mol. The molecule has 6 heteroatoms. The summed E-state index contributed by atoms with van der Waals surface area (Å²) < 4.78 is 10.8. The molecule has 5 nitrogen and oxygen atoms in total. The first-order valence-electron chi connectivity index (χ1n) is 8.10. The quantitative estimate of drug-likeness (QED) is 0.774. The van der Waals surface area contributed by atoms with Crippen molar-refractivity contribution in [2.45, 2.75) is 25.4 Å². The van der Waals surface area contributed by atoms with Gasteiger partial charge < -0.3 is 9.15 Å². The highest BCUT2D eigenvalue weighted by molar-refractivity contribution is 7.99. The Morgan fingerprint density at radius 2 is 2.25 bits per heavy atom. The zero-order chi connectivity index (χ0) is 16.9. The van der Waals surface area contributed by atoms with Gasteiger partial charge in [-0.2, -0.15) is 11.8 Å². The second-order valence-corrected chi connectivity index (χ2v) is 7.00. The normalized spacial score (nSPS) is 19.8. The maximum atomic E-state index is 11.7. The number of ether oxygens (including phenoxy) is 1. The fourth-order valence-corrected chi connectivity index (χ4v) is 4.08. The molecule has 0 spiro atoms. The molecule has 0 radical (unpaired) electrons. The Balaban J connectivity index is 1.76. The van der Waals surface area contributed by atoms with Crippen molar-refractivity contribution in [1.29, 1.82) is 0 Å². The van der Waals surface area contributed by atoms with E-state index in [0.29, 0.717) is 12.3 Å². The number of hydrogen-bond acceptors (Lipinski definition) is 6. The van der Waals surface area contributed by atoms with Crippen molar-refractivity contribution >= 4 is 17.7 Å². The van der Waals surface area contributed by atoms with Crippen LogP contribution >= 0.6 is 11.8 Å². The molecule has 0 N–H and O–H groups in total. The standard InChI is InChI=1S/C18H22N2O3S/c1-13(20-8-9-24-12-15(20)10-17(21)22-2)18-19-11-16(23-18)14-6-4-3-5-7-14/h3-7,11,13,15H,8-10,12H2,1-2H3. The Bertz CT molecular complexity index is 674. The van der Waals surface area contributed by atoms with Crippen LogP contribution in [0.15, 0.2) is 40.9 Å². The first kappa shape index (κ1) is 17.0. The minimum absolute atomic E-state index is 0.0259. The van der Waals surface area contributed by atoms with Gasteiger partial charge in [0.2, 0.25) is 5.89 Å². The van der Waals surface area contributed by atoms with E-state index < -0.39 is 0 Å². The maximum absolute atomic E-state index is 11.7. The highest BCUT2D eigenvalue weighted by atomic mass is 32.2. The third-order valence-electron chi connectivity index (χ3n) is 4.34. The molecule has 1 aromatic carbocycles. The molecule has 0 amide bonds. The lowest BCUT2D eigenvalue weighted by molar-refractivity contribution is -0.142. The predicted molar refractivity (Wildman–Crippen MR) is 94.8 cm³/mol. The van der Waals surface area contributed by atoms with Crippen LogP contribution in [-0.2, 0) is 9.53 Å². The molecule has 1 saturated heterocycles. The fraction of sp³-hybridized carbons (Fsp3) is 0.444. The summed E-state index contributed by atoms with van der Waals surface area (Å²) >= 11 is 1.87. The topological polar surface area (TPSA) is 55.6 Å². The lowest BCUT2D eigenvalue weighted by Gasteiger charge is -2.37. The van der Waals surface area contributed by atoms with Gasteiger partial charge in [-0.1, -0.05) is 30.3 Å². The molecule has 3 rings (SSSR count). The Kier molecular flexibility index (Phi) is 5.58. The van der Waals surface area contributed by atoms with Crippen LogP contribution in [0.25, 0.3) is 11.3 Å². The van der Waals surface area contributed by atoms with E-state index in [2.05, 4.69) is 16.8 Å². The van der Waals surface area contributed by atoms with Crippen molar-refractivity contribution in [3.8, 4) is 11.3 Å². The van der Waals surface area contributed by atoms with Crippen LogP contribution in [-0.4, -0.2) is 47.1 Å².